The quantitative estimate of drug-likeness (QED) is 0.216. The molecule has 0 radical (unpaired) electrons. The van der Waals surface area contributed by atoms with Crippen molar-refractivity contribution < 1.29 is 0 Å². The van der Waals surface area contributed by atoms with E-state index in [9.17, 15) is 0 Å². The fourth-order valence-corrected chi connectivity index (χ4v) is 6.25. The summed E-state index contributed by atoms with van der Waals surface area (Å²) >= 11 is 0. The first kappa shape index (κ1) is 21.2. The van der Waals surface area contributed by atoms with E-state index in [1.807, 2.05) is 0 Å². The molecule has 0 amide bonds. The van der Waals surface area contributed by atoms with Crippen LogP contribution in [-0.4, -0.2) is 0 Å². The molecule has 0 heterocycles. The summed E-state index contributed by atoms with van der Waals surface area (Å²) in [5, 5.41) is 12.9. The summed E-state index contributed by atoms with van der Waals surface area (Å²) in [4.78, 5) is 0. The fourth-order valence-electron chi connectivity index (χ4n) is 6.25. The van der Waals surface area contributed by atoms with Crippen LogP contribution in [0.2, 0.25) is 0 Å². The Kier molecular flexibility index (Phi) is 4.62. The van der Waals surface area contributed by atoms with Gasteiger partial charge in [-0.1, -0.05) is 133 Å². The maximum Gasteiger partial charge on any atom is -0.00928 e. The number of fused-ring (bicyclic) bond motifs is 8. The summed E-state index contributed by atoms with van der Waals surface area (Å²) in [5.74, 6) is 0. The van der Waals surface area contributed by atoms with E-state index in [0.29, 0.717) is 0 Å². The molecule has 0 spiro atoms. The minimum atomic E-state index is 1.26. The average molecular weight is 481 g/mol. The normalized spacial score (nSPS) is 11.7. The Balaban J connectivity index is 1.41. The van der Waals surface area contributed by atoms with E-state index in [1.165, 1.54) is 76.1 Å². The van der Waals surface area contributed by atoms with Crippen LogP contribution < -0.4 is 0 Å². The van der Waals surface area contributed by atoms with Gasteiger partial charge < -0.3 is 0 Å². The molecule has 0 nitrogen and oxygen atoms in total. The van der Waals surface area contributed by atoms with Crippen molar-refractivity contribution in [2.75, 3.05) is 0 Å². The molecule has 0 saturated heterocycles. The maximum atomic E-state index is 2.39. The lowest BCUT2D eigenvalue weighted by atomic mass is 9.89. The standard InChI is InChI=1S/C38H24/c1-3-13-29-25(9-1)11-7-17-31(29)27-19-21-35-36-22-20-28(32-18-8-12-26-10-2-4-14-30(26)32)24-38(36)34-16-6-5-15-33(34)37(35)23-27/h1-24H. The van der Waals surface area contributed by atoms with Gasteiger partial charge in [-0.2, -0.15) is 0 Å². The number of benzene rings is 8. The van der Waals surface area contributed by atoms with Crippen molar-refractivity contribution in [2.45, 2.75) is 0 Å². The SMILES string of the molecule is c1ccc2c(-c3ccc4c5ccc(-c6cccc7ccccc67)cc5c5ccccc5c4c3)cccc2c1. The van der Waals surface area contributed by atoms with Crippen molar-refractivity contribution in [1.29, 1.82) is 0 Å². The summed E-state index contributed by atoms with van der Waals surface area (Å²) in [5.41, 5.74) is 5.07. The molecule has 0 unspecified atom stereocenters. The van der Waals surface area contributed by atoms with Gasteiger partial charge in [0.15, 0.2) is 0 Å². The molecule has 0 bridgehead atoms. The summed E-state index contributed by atoms with van der Waals surface area (Å²) < 4.78 is 0. The second-order valence-electron chi connectivity index (χ2n) is 10.1. The minimum Gasteiger partial charge on any atom is -0.0616 e. The van der Waals surface area contributed by atoms with Gasteiger partial charge in [0, 0.05) is 0 Å². The van der Waals surface area contributed by atoms with Crippen LogP contribution in [0.5, 0.6) is 0 Å². The van der Waals surface area contributed by atoms with E-state index in [2.05, 4.69) is 146 Å². The first-order valence-corrected chi connectivity index (χ1v) is 13.2. The van der Waals surface area contributed by atoms with E-state index in [1.54, 1.807) is 0 Å². The van der Waals surface area contributed by atoms with E-state index in [4.69, 9.17) is 0 Å². The van der Waals surface area contributed by atoms with Crippen molar-refractivity contribution in [3.05, 3.63) is 146 Å². The predicted octanol–water partition coefficient (Wildman–Crippen LogP) is 10.8. The largest absolute Gasteiger partial charge is 0.0616 e. The van der Waals surface area contributed by atoms with Crippen LogP contribution in [0.15, 0.2) is 146 Å². The Bertz CT molecular complexity index is 1990. The highest BCUT2D eigenvalue weighted by atomic mass is 14.2. The van der Waals surface area contributed by atoms with Gasteiger partial charge in [-0.05, 0) is 88.2 Å². The van der Waals surface area contributed by atoms with Crippen LogP contribution in [0.1, 0.15) is 0 Å². The van der Waals surface area contributed by atoms with E-state index < -0.39 is 0 Å². The Morgan fingerprint density at radius 3 is 1.08 bits per heavy atom. The number of rotatable bonds is 2. The van der Waals surface area contributed by atoms with E-state index in [-0.39, 0.29) is 0 Å². The molecule has 0 N–H and O–H groups in total. The zero-order chi connectivity index (χ0) is 25.1. The highest BCUT2D eigenvalue weighted by Gasteiger charge is 2.13. The zero-order valence-electron chi connectivity index (χ0n) is 20.9. The minimum absolute atomic E-state index is 1.26. The summed E-state index contributed by atoms with van der Waals surface area (Å²) in [6, 6.07) is 53.3. The summed E-state index contributed by atoms with van der Waals surface area (Å²) in [7, 11) is 0. The molecule has 0 saturated carbocycles. The molecule has 0 fully saturated rings. The Labute approximate surface area is 221 Å². The fraction of sp³-hybridized carbons (Fsp3) is 0. The molecule has 0 aromatic heterocycles. The van der Waals surface area contributed by atoms with Crippen LogP contribution in [0.3, 0.4) is 0 Å². The van der Waals surface area contributed by atoms with Crippen LogP contribution in [-0.2, 0) is 0 Å². The molecule has 8 aromatic carbocycles. The van der Waals surface area contributed by atoms with Crippen LogP contribution in [0, 0.1) is 0 Å². The third kappa shape index (κ3) is 3.17. The van der Waals surface area contributed by atoms with Crippen molar-refractivity contribution in [1.82, 2.24) is 0 Å². The van der Waals surface area contributed by atoms with Gasteiger partial charge in [-0.15, -0.1) is 0 Å². The van der Waals surface area contributed by atoms with Gasteiger partial charge in [0.05, 0.1) is 0 Å². The molecule has 0 aliphatic heterocycles. The van der Waals surface area contributed by atoms with Gasteiger partial charge in [0.25, 0.3) is 0 Å². The molecule has 0 aliphatic rings. The number of hydrogen-bond donors (Lipinski definition) is 0. The predicted molar refractivity (Wildman–Crippen MR) is 165 cm³/mol. The average Bonchev–Trinajstić information content (AvgIpc) is 3.00. The smallest absolute Gasteiger partial charge is 0.00928 e. The Morgan fingerprint density at radius 1 is 0.237 bits per heavy atom. The van der Waals surface area contributed by atoms with E-state index >= 15 is 0 Å². The molecular weight excluding hydrogens is 456 g/mol. The van der Waals surface area contributed by atoms with Crippen molar-refractivity contribution in [3.63, 3.8) is 0 Å². The second kappa shape index (κ2) is 8.30. The molecule has 38 heavy (non-hydrogen) atoms. The van der Waals surface area contributed by atoms with Gasteiger partial charge in [0.1, 0.15) is 0 Å². The lowest BCUT2D eigenvalue weighted by Crippen LogP contribution is -1.87. The molecule has 0 atom stereocenters. The zero-order valence-corrected chi connectivity index (χ0v) is 20.9. The second-order valence-corrected chi connectivity index (χ2v) is 10.1. The van der Waals surface area contributed by atoms with Gasteiger partial charge in [0.2, 0.25) is 0 Å². The molecule has 176 valence electrons. The Morgan fingerprint density at radius 2 is 0.605 bits per heavy atom. The highest BCUT2D eigenvalue weighted by molar-refractivity contribution is 6.26. The van der Waals surface area contributed by atoms with E-state index in [0.717, 1.165) is 0 Å². The van der Waals surface area contributed by atoms with Crippen molar-refractivity contribution >= 4 is 53.9 Å². The monoisotopic (exact) mass is 480 g/mol. The third-order valence-electron chi connectivity index (χ3n) is 8.04. The lowest BCUT2D eigenvalue weighted by Gasteiger charge is -2.15. The van der Waals surface area contributed by atoms with Crippen molar-refractivity contribution in [3.8, 4) is 22.3 Å². The highest BCUT2D eigenvalue weighted by Crippen LogP contribution is 2.40. The molecule has 8 aromatic rings. The lowest BCUT2D eigenvalue weighted by molar-refractivity contribution is 1.68. The molecular formula is C38H24. The maximum absolute atomic E-state index is 2.39. The topological polar surface area (TPSA) is 0 Å². The van der Waals surface area contributed by atoms with Gasteiger partial charge in [-0.25, -0.2) is 0 Å². The van der Waals surface area contributed by atoms with Crippen LogP contribution >= 0.6 is 0 Å². The molecule has 0 aliphatic carbocycles. The van der Waals surface area contributed by atoms with Gasteiger partial charge >= 0.3 is 0 Å². The summed E-state index contributed by atoms with van der Waals surface area (Å²) in [6.07, 6.45) is 0. The van der Waals surface area contributed by atoms with Crippen LogP contribution in [0.4, 0.5) is 0 Å². The molecule has 0 heteroatoms. The first-order chi connectivity index (χ1) is 18.8. The molecule has 8 rings (SSSR count). The first-order valence-electron chi connectivity index (χ1n) is 13.2. The third-order valence-corrected chi connectivity index (χ3v) is 8.04. The van der Waals surface area contributed by atoms with Crippen molar-refractivity contribution in [2.24, 2.45) is 0 Å². The van der Waals surface area contributed by atoms with Gasteiger partial charge in [-0.3, -0.25) is 0 Å². The number of hydrogen-bond acceptors (Lipinski definition) is 0. The Hall–Kier alpha value is -4.94. The van der Waals surface area contributed by atoms with Crippen LogP contribution in [0.25, 0.3) is 76.1 Å². The summed E-state index contributed by atoms with van der Waals surface area (Å²) in [6.45, 7) is 0.